The highest BCUT2D eigenvalue weighted by Crippen LogP contribution is 2.32. The summed E-state index contributed by atoms with van der Waals surface area (Å²) in [5.74, 6) is -0.422. The fraction of sp³-hybridized carbons (Fsp3) is 0.200. The van der Waals surface area contributed by atoms with Crippen LogP contribution < -0.4 is 10.2 Å². The van der Waals surface area contributed by atoms with Crippen molar-refractivity contribution in [3.05, 3.63) is 59.2 Å². The molecule has 0 unspecified atom stereocenters. The first-order valence-corrected chi connectivity index (χ1v) is 8.67. The van der Waals surface area contributed by atoms with Crippen molar-refractivity contribution in [3.63, 3.8) is 0 Å². The SMILES string of the molecule is CCOC(=O)c1cnc2ccc(Cl)cc2c1Nc1ccc(N(C)C)cc1. The Morgan fingerprint density at radius 3 is 2.58 bits per heavy atom. The molecule has 3 aromatic rings. The summed E-state index contributed by atoms with van der Waals surface area (Å²) in [6, 6.07) is 13.3. The highest BCUT2D eigenvalue weighted by atomic mass is 35.5. The van der Waals surface area contributed by atoms with E-state index in [0.717, 1.165) is 22.3 Å². The molecular formula is C20H20ClN3O2. The standard InChI is InChI=1S/C20H20ClN3O2/c1-4-26-20(25)17-12-22-18-10-5-13(21)11-16(18)19(17)23-14-6-8-15(9-7-14)24(2)3/h5-12H,4H2,1-3H3,(H,22,23). The lowest BCUT2D eigenvalue weighted by Crippen LogP contribution is -2.10. The van der Waals surface area contributed by atoms with Gasteiger partial charge in [0.25, 0.3) is 0 Å². The Labute approximate surface area is 157 Å². The number of rotatable bonds is 5. The van der Waals surface area contributed by atoms with Gasteiger partial charge in [0.1, 0.15) is 5.56 Å². The average Bonchev–Trinajstić information content (AvgIpc) is 2.62. The number of esters is 1. The molecule has 2 aromatic carbocycles. The summed E-state index contributed by atoms with van der Waals surface area (Å²) in [6.07, 6.45) is 1.53. The van der Waals surface area contributed by atoms with Gasteiger partial charge in [0, 0.05) is 42.1 Å². The Kier molecular flexibility index (Phi) is 5.28. The maximum absolute atomic E-state index is 12.4. The number of carbonyl (C=O) groups is 1. The Balaban J connectivity index is 2.09. The van der Waals surface area contributed by atoms with Crippen molar-refractivity contribution in [2.75, 3.05) is 30.9 Å². The van der Waals surface area contributed by atoms with Crippen molar-refractivity contribution in [2.45, 2.75) is 6.92 Å². The normalized spacial score (nSPS) is 10.6. The molecule has 1 N–H and O–H groups in total. The van der Waals surface area contributed by atoms with Gasteiger partial charge in [-0.15, -0.1) is 0 Å². The lowest BCUT2D eigenvalue weighted by Gasteiger charge is -2.16. The molecule has 134 valence electrons. The molecule has 6 heteroatoms. The number of nitrogens with one attached hydrogen (secondary N) is 1. The van der Waals surface area contributed by atoms with Crippen LogP contribution in [0, 0.1) is 0 Å². The van der Waals surface area contributed by atoms with E-state index in [1.807, 2.05) is 49.3 Å². The van der Waals surface area contributed by atoms with Crippen LogP contribution in [0.1, 0.15) is 17.3 Å². The number of benzene rings is 2. The largest absolute Gasteiger partial charge is 0.462 e. The molecule has 5 nitrogen and oxygen atoms in total. The predicted octanol–water partition coefficient (Wildman–Crippen LogP) is 4.87. The zero-order valence-corrected chi connectivity index (χ0v) is 15.7. The van der Waals surface area contributed by atoms with Crippen molar-refractivity contribution in [1.29, 1.82) is 0 Å². The van der Waals surface area contributed by atoms with Gasteiger partial charge in [0.05, 0.1) is 17.8 Å². The lowest BCUT2D eigenvalue weighted by molar-refractivity contribution is 0.0527. The third kappa shape index (κ3) is 3.73. The van der Waals surface area contributed by atoms with Gasteiger partial charge in [-0.25, -0.2) is 4.79 Å². The van der Waals surface area contributed by atoms with Gasteiger partial charge in [-0.05, 0) is 49.4 Å². The van der Waals surface area contributed by atoms with E-state index in [2.05, 4.69) is 10.3 Å². The zero-order valence-electron chi connectivity index (χ0n) is 14.9. The van der Waals surface area contributed by atoms with Gasteiger partial charge >= 0.3 is 5.97 Å². The van der Waals surface area contributed by atoms with E-state index in [1.54, 1.807) is 19.1 Å². The molecule has 1 heterocycles. The first-order valence-electron chi connectivity index (χ1n) is 8.29. The van der Waals surface area contributed by atoms with Gasteiger partial charge in [0.2, 0.25) is 0 Å². The summed E-state index contributed by atoms with van der Waals surface area (Å²) in [5, 5.41) is 4.67. The summed E-state index contributed by atoms with van der Waals surface area (Å²) >= 11 is 6.17. The summed E-state index contributed by atoms with van der Waals surface area (Å²) in [6.45, 7) is 2.07. The van der Waals surface area contributed by atoms with E-state index in [0.29, 0.717) is 22.9 Å². The monoisotopic (exact) mass is 369 g/mol. The Morgan fingerprint density at radius 1 is 1.19 bits per heavy atom. The van der Waals surface area contributed by atoms with Crippen LogP contribution in [-0.4, -0.2) is 31.7 Å². The van der Waals surface area contributed by atoms with E-state index in [-0.39, 0.29) is 0 Å². The number of halogens is 1. The van der Waals surface area contributed by atoms with Crippen molar-refractivity contribution in [2.24, 2.45) is 0 Å². The minimum absolute atomic E-state index is 0.295. The molecule has 0 atom stereocenters. The molecular weight excluding hydrogens is 350 g/mol. The second-order valence-corrected chi connectivity index (χ2v) is 6.43. The van der Waals surface area contributed by atoms with Crippen LogP contribution in [0.3, 0.4) is 0 Å². The Bertz CT molecular complexity index is 940. The molecule has 0 saturated carbocycles. The quantitative estimate of drug-likeness (QED) is 0.650. The van der Waals surface area contributed by atoms with Crippen molar-refractivity contribution >= 4 is 45.5 Å². The van der Waals surface area contributed by atoms with Crippen LogP contribution in [0.4, 0.5) is 17.1 Å². The van der Waals surface area contributed by atoms with Gasteiger partial charge in [-0.2, -0.15) is 0 Å². The number of hydrogen-bond acceptors (Lipinski definition) is 5. The number of anilines is 3. The van der Waals surface area contributed by atoms with E-state index >= 15 is 0 Å². The van der Waals surface area contributed by atoms with Crippen molar-refractivity contribution in [3.8, 4) is 0 Å². The molecule has 0 aliphatic heterocycles. The summed E-state index contributed by atoms with van der Waals surface area (Å²) in [7, 11) is 3.97. The van der Waals surface area contributed by atoms with Crippen LogP contribution in [0.25, 0.3) is 10.9 Å². The summed E-state index contributed by atoms with van der Waals surface area (Å²) in [5.41, 5.74) is 3.69. The Morgan fingerprint density at radius 2 is 1.92 bits per heavy atom. The fourth-order valence-corrected chi connectivity index (χ4v) is 2.82. The first kappa shape index (κ1) is 18.0. The second kappa shape index (κ2) is 7.62. The molecule has 26 heavy (non-hydrogen) atoms. The molecule has 0 spiro atoms. The molecule has 1 aromatic heterocycles. The number of pyridine rings is 1. The molecule has 3 rings (SSSR count). The van der Waals surface area contributed by atoms with Gasteiger partial charge in [-0.3, -0.25) is 4.98 Å². The fourth-order valence-electron chi connectivity index (χ4n) is 2.65. The summed E-state index contributed by atoms with van der Waals surface area (Å²) < 4.78 is 5.18. The molecule has 0 amide bonds. The second-order valence-electron chi connectivity index (χ2n) is 6.00. The zero-order chi connectivity index (χ0) is 18.7. The highest BCUT2D eigenvalue weighted by molar-refractivity contribution is 6.31. The van der Waals surface area contributed by atoms with Crippen LogP contribution in [0.2, 0.25) is 5.02 Å². The molecule has 0 saturated heterocycles. The molecule has 0 aliphatic rings. The molecule has 0 aliphatic carbocycles. The van der Waals surface area contributed by atoms with Crippen molar-refractivity contribution < 1.29 is 9.53 Å². The molecule has 0 fully saturated rings. The van der Waals surface area contributed by atoms with E-state index in [9.17, 15) is 4.79 Å². The number of hydrogen-bond donors (Lipinski definition) is 1. The van der Waals surface area contributed by atoms with Crippen LogP contribution in [0.5, 0.6) is 0 Å². The summed E-state index contributed by atoms with van der Waals surface area (Å²) in [4.78, 5) is 18.8. The van der Waals surface area contributed by atoms with E-state index in [4.69, 9.17) is 16.3 Å². The minimum Gasteiger partial charge on any atom is -0.462 e. The number of nitrogens with zero attached hydrogens (tertiary/aromatic N) is 2. The van der Waals surface area contributed by atoms with Gasteiger partial charge in [-0.1, -0.05) is 11.6 Å². The van der Waals surface area contributed by atoms with Crippen LogP contribution >= 0.6 is 11.6 Å². The molecule has 0 bridgehead atoms. The average molecular weight is 370 g/mol. The minimum atomic E-state index is -0.422. The van der Waals surface area contributed by atoms with Gasteiger partial charge in [0.15, 0.2) is 0 Å². The Hall–Kier alpha value is -2.79. The third-order valence-corrected chi connectivity index (χ3v) is 4.21. The van der Waals surface area contributed by atoms with Gasteiger partial charge < -0.3 is 15.0 Å². The predicted molar refractivity (Wildman–Crippen MR) is 107 cm³/mol. The topological polar surface area (TPSA) is 54.5 Å². The van der Waals surface area contributed by atoms with Crippen LogP contribution in [0.15, 0.2) is 48.7 Å². The number of fused-ring (bicyclic) bond motifs is 1. The smallest absolute Gasteiger partial charge is 0.341 e. The maximum atomic E-state index is 12.4. The number of aromatic nitrogens is 1. The maximum Gasteiger partial charge on any atom is 0.341 e. The van der Waals surface area contributed by atoms with E-state index < -0.39 is 5.97 Å². The third-order valence-electron chi connectivity index (χ3n) is 3.98. The number of ether oxygens (including phenoxy) is 1. The van der Waals surface area contributed by atoms with E-state index in [1.165, 1.54) is 6.20 Å². The number of carbonyl (C=O) groups excluding carboxylic acids is 1. The van der Waals surface area contributed by atoms with Crippen molar-refractivity contribution in [1.82, 2.24) is 4.98 Å². The van der Waals surface area contributed by atoms with Crippen LogP contribution in [-0.2, 0) is 4.74 Å². The lowest BCUT2D eigenvalue weighted by atomic mass is 10.1. The molecule has 0 radical (unpaired) electrons. The first-order chi connectivity index (χ1) is 12.5. The highest BCUT2D eigenvalue weighted by Gasteiger charge is 2.17.